The molecule has 1 rings (SSSR count). The monoisotopic (exact) mass is 175 g/mol. The first-order valence-corrected chi connectivity index (χ1v) is 3.83. The molecule has 71 valence electrons. The second kappa shape index (κ2) is 4.42. The molecule has 4 heteroatoms. The molecule has 1 aliphatic heterocycles. The fourth-order valence-electron chi connectivity index (χ4n) is 0.871. The first kappa shape index (κ1) is 11.4. The molecule has 0 bridgehead atoms. The van der Waals surface area contributed by atoms with E-state index in [1.54, 1.807) is 0 Å². The van der Waals surface area contributed by atoms with Gasteiger partial charge >= 0.3 is 5.97 Å². The Labute approximate surface area is 72.5 Å². The van der Waals surface area contributed by atoms with Crippen LogP contribution in [0.1, 0.15) is 27.7 Å². The molecule has 0 saturated carbocycles. The molecule has 1 heterocycles. The van der Waals surface area contributed by atoms with Crippen LogP contribution in [0.15, 0.2) is 0 Å². The molecule has 1 saturated heterocycles. The summed E-state index contributed by atoms with van der Waals surface area (Å²) >= 11 is 0. The summed E-state index contributed by atoms with van der Waals surface area (Å²) in [5, 5.41) is 8.89. The lowest BCUT2D eigenvalue weighted by molar-refractivity contribution is -0.140. The Kier molecular flexibility index (Phi) is 4.20. The van der Waals surface area contributed by atoms with Crippen molar-refractivity contribution in [2.24, 2.45) is 0 Å². The highest BCUT2D eigenvalue weighted by Gasteiger charge is 2.29. The number of hydrogen-bond acceptors (Lipinski definition) is 3. The van der Waals surface area contributed by atoms with Gasteiger partial charge in [-0.3, -0.25) is 0 Å². The predicted octanol–water partition coefficient (Wildman–Crippen LogP) is 1.12. The standard InChI is InChI=1S/C6H12O2.C2H3O2/c1-5-4-7-6(2,3)8-5;1-2(3)4/h5H,4H2,1-3H3;1H3. The average molecular weight is 175 g/mol. The zero-order chi connectivity index (χ0) is 9.78. The number of carbonyl (C=O) groups is 1. The van der Waals surface area contributed by atoms with Gasteiger partial charge in [-0.1, -0.05) is 0 Å². The largest absolute Gasteiger partial charge is 0.352 e. The fraction of sp³-hybridized carbons (Fsp3) is 0.875. The summed E-state index contributed by atoms with van der Waals surface area (Å²) in [7, 11) is 0. The van der Waals surface area contributed by atoms with Crippen molar-refractivity contribution in [2.45, 2.75) is 39.6 Å². The van der Waals surface area contributed by atoms with Crippen molar-refractivity contribution < 1.29 is 19.4 Å². The minimum absolute atomic E-state index is 0.269. The quantitative estimate of drug-likeness (QED) is 0.554. The van der Waals surface area contributed by atoms with E-state index in [0.717, 1.165) is 13.5 Å². The maximum atomic E-state index is 8.89. The van der Waals surface area contributed by atoms with Gasteiger partial charge in [-0.15, -0.1) is 0 Å². The maximum absolute atomic E-state index is 8.89. The Hall–Kier alpha value is -0.610. The van der Waals surface area contributed by atoms with E-state index >= 15 is 0 Å². The van der Waals surface area contributed by atoms with Crippen molar-refractivity contribution in [3.63, 3.8) is 0 Å². The Bertz CT molecular complexity index is 149. The van der Waals surface area contributed by atoms with Crippen LogP contribution in [0.3, 0.4) is 0 Å². The molecule has 0 N–H and O–H groups in total. The summed E-state index contributed by atoms with van der Waals surface area (Å²) in [4.78, 5) is 8.89. The molecular formula is C8H15O4. The number of rotatable bonds is 0. The van der Waals surface area contributed by atoms with Gasteiger partial charge < -0.3 is 9.47 Å². The van der Waals surface area contributed by atoms with E-state index in [9.17, 15) is 0 Å². The summed E-state index contributed by atoms with van der Waals surface area (Å²) in [6.45, 7) is 7.56. The van der Waals surface area contributed by atoms with Gasteiger partial charge in [0.15, 0.2) is 5.79 Å². The number of ether oxygens (including phenoxy) is 2. The average Bonchev–Trinajstić information content (AvgIpc) is 2.07. The highest BCUT2D eigenvalue weighted by Crippen LogP contribution is 2.21. The second-order valence-electron chi connectivity index (χ2n) is 3.13. The molecule has 0 amide bonds. The van der Waals surface area contributed by atoms with Crippen molar-refractivity contribution >= 4 is 5.97 Å². The SMILES string of the molecule is CC([O])=O.CC1COC(C)(C)O1. The minimum Gasteiger partial charge on any atom is -0.348 e. The third-order valence-electron chi connectivity index (χ3n) is 1.15. The van der Waals surface area contributed by atoms with Gasteiger partial charge in [-0.05, 0) is 20.8 Å². The summed E-state index contributed by atoms with van der Waals surface area (Å²) < 4.78 is 10.6. The normalized spacial score (nSPS) is 25.8. The van der Waals surface area contributed by atoms with Crippen molar-refractivity contribution in [2.75, 3.05) is 6.61 Å². The van der Waals surface area contributed by atoms with Crippen LogP contribution in [0, 0.1) is 0 Å². The molecule has 0 aromatic carbocycles. The molecule has 1 aliphatic rings. The van der Waals surface area contributed by atoms with Gasteiger partial charge in [0.2, 0.25) is 0 Å². The first-order chi connectivity index (χ1) is 5.33. The molecule has 1 fully saturated rings. The van der Waals surface area contributed by atoms with Crippen LogP contribution in [0.4, 0.5) is 0 Å². The van der Waals surface area contributed by atoms with Crippen LogP contribution in [0.2, 0.25) is 0 Å². The van der Waals surface area contributed by atoms with E-state index in [-0.39, 0.29) is 11.9 Å². The Morgan fingerprint density at radius 1 is 1.50 bits per heavy atom. The molecule has 0 spiro atoms. The smallest absolute Gasteiger partial charge is 0.348 e. The van der Waals surface area contributed by atoms with E-state index in [4.69, 9.17) is 19.4 Å². The van der Waals surface area contributed by atoms with Crippen LogP contribution >= 0.6 is 0 Å². The predicted molar refractivity (Wildman–Crippen MR) is 41.9 cm³/mol. The van der Waals surface area contributed by atoms with Crippen molar-refractivity contribution in [3.05, 3.63) is 0 Å². The van der Waals surface area contributed by atoms with E-state index < -0.39 is 5.97 Å². The van der Waals surface area contributed by atoms with Crippen molar-refractivity contribution in [1.82, 2.24) is 0 Å². The molecule has 4 nitrogen and oxygen atoms in total. The molecular weight excluding hydrogens is 160 g/mol. The van der Waals surface area contributed by atoms with Gasteiger partial charge in [0, 0.05) is 6.92 Å². The van der Waals surface area contributed by atoms with E-state index in [1.165, 1.54) is 0 Å². The molecule has 0 aromatic rings. The molecule has 1 atom stereocenters. The number of carbonyl (C=O) groups excluding carboxylic acids is 1. The van der Waals surface area contributed by atoms with Gasteiger partial charge in [0.25, 0.3) is 0 Å². The lowest BCUT2D eigenvalue weighted by atomic mass is 10.4. The van der Waals surface area contributed by atoms with Crippen LogP contribution in [-0.2, 0) is 19.4 Å². The molecule has 1 radical (unpaired) electrons. The first-order valence-electron chi connectivity index (χ1n) is 3.83. The highest BCUT2D eigenvalue weighted by molar-refractivity contribution is 5.62. The van der Waals surface area contributed by atoms with Gasteiger partial charge in [0.05, 0.1) is 12.7 Å². The fourth-order valence-corrected chi connectivity index (χ4v) is 0.871. The van der Waals surface area contributed by atoms with E-state index in [1.807, 2.05) is 20.8 Å². The van der Waals surface area contributed by atoms with E-state index in [0.29, 0.717) is 0 Å². The lowest BCUT2D eigenvalue weighted by Crippen LogP contribution is -2.20. The van der Waals surface area contributed by atoms with Crippen LogP contribution in [0.5, 0.6) is 0 Å². The van der Waals surface area contributed by atoms with Crippen LogP contribution < -0.4 is 0 Å². The Morgan fingerprint density at radius 2 is 1.92 bits per heavy atom. The summed E-state index contributed by atoms with van der Waals surface area (Å²) in [5.41, 5.74) is 0. The van der Waals surface area contributed by atoms with Crippen LogP contribution in [0.25, 0.3) is 0 Å². The highest BCUT2D eigenvalue weighted by atomic mass is 16.7. The second-order valence-corrected chi connectivity index (χ2v) is 3.13. The van der Waals surface area contributed by atoms with Gasteiger partial charge in [0.1, 0.15) is 0 Å². The molecule has 0 aliphatic carbocycles. The van der Waals surface area contributed by atoms with Gasteiger partial charge in [-0.2, -0.15) is 0 Å². The Morgan fingerprint density at radius 3 is 2.00 bits per heavy atom. The Balaban J connectivity index is 0.000000261. The molecule has 0 aromatic heterocycles. The minimum atomic E-state index is -1.08. The maximum Gasteiger partial charge on any atom is 0.352 e. The lowest BCUT2D eigenvalue weighted by Gasteiger charge is -2.15. The third-order valence-corrected chi connectivity index (χ3v) is 1.15. The topological polar surface area (TPSA) is 55.4 Å². The number of hydrogen-bond donors (Lipinski definition) is 0. The van der Waals surface area contributed by atoms with Crippen molar-refractivity contribution in [3.8, 4) is 0 Å². The molecule has 12 heavy (non-hydrogen) atoms. The van der Waals surface area contributed by atoms with Crippen molar-refractivity contribution in [1.29, 1.82) is 0 Å². The van der Waals surface area contributed by atoms with Crippen LogP contribution in [-0.4, -0.2) is 24.5 Å². The third kappa shape index (κ3) is 6.12. The van der Waals surface area contributed by atoms with Gasteiger partial charge in [-0.25, -0.2) is 9.90 Å². The zero-order valence-electron chi connectivity index (χ0n) is 7.92. The molecule has 1 unspecified atom stereocenters. The summed E-state index contributed by atoms with van der Waals surface area (Å²) in [5.74, 6) is -1.42. The zero-order valence-corrected chi connectivity index (χ0v) is 7.92. The summed E-state index contributed by atoms with van der Waals surface area (Å²) in [6, 6.07) is 0. The van der Waals surface area contributed by atoms with E-state index in [2.05, 4.69) is 0 Å². The summed E-state index contributed by atoms with van der Waals surface area (Å²) in [6.07, 6.45) is 0.269.